The van der Waals surface area contributed by atoms with Crippen LogP contribution in [-0.4, -0.2) is 25.2 Å². The largest absolute Gasteiger partial charge is 0.313 e. The fourth-order valence-electron chi connectivity index (χ4n) is 3.83. The van der Waals surface area contributed by atoms with Gasteiger partial charge in [0.1, 0.15) is 11.3 Å². The van der Waals surface area contributed by atoms with Crippen LogP contribution in [0.5, 0.6) is 0 Å². The Morgan fingerprint density at radius 2 is 2.14 bits per heavy atom. The van der Waals surface area contributed by atoms with Crippen molar-refractivity contribution in [2.75, 3.05) is 5.88 Å². The van der Waals surface area contributed by atoms with Crippen LogP contribution >= 0.6 is 11.6 Å². The second-order valence-corrected chi connectivity index (χ2v) is 6.97. The van der Waals surface area contributed by atoms with Gasteiger partial charge in [-0.05, 0) is 31.6 Å². The summed E-state index contributed by atoms with van der Waals surface area (Å²) in [5, 5.41) is 4.52. The maximum absolute atomic E-state index is 5.97. The molecule has 2 heterocycles. The van der Waals surface area contributed by atoms with Crippen LogP contribution < -0.4 is 0 Å². The third-order valence-corrected chi connectivity index (χ3v) is 4.96. The Morgan fingerprint density at radius 3 is 2.86 bits per heavy atom. The molecule has 2 aromatic heterocycles. The van der Waals surface area contributed by atoms with Gasteiger partial charge in [-0.3, -0.25) is 4.68 Å². The summed E-state index contributed by atoms with van der Waals surface area (Å²) >= 11 is 5.97. The zero-order chi connectivity index (χ0) is 15.0. The molecule has 1 fully saturated rings. The first-order valence-electron chi connectivity index (χ1n) is 8.04. The monoisotopic (exact) mass is 308 g/mol. The lowest BCUT2D eigenvalue weighted by Gasteiger charge is -2.27. The van der Waals surface area contributed by atoms with Crippen LogP contribution in [0.3, 0.4) is 0 Å². The third kappa shape index (κ3) is 2.83. The standard InChI is InChI=1S/C16H25ClN4/c1-11-5-4-6-13(9-11)10-21-14(7-8-17)18-15-12(2)19-20(3)16(15)21/h11,13H,4-10H2,1-3H3. The number of imidazole rings is 1. The van der Waals surface area contributed by atoms with Gasteiger partial charge in [-0.25, -0.2) is 4.98 Å². The van der Waals surface area contributed by atoms with Gasteiger partial charge in [0.2, 0.25) is 0 Å². The van der Waals surface area contributed by atoms with Crippen LogP contribution in [0, 0.1) is 18.8 Å². The van der Waals surface area contributed by atoms with Crippen molar-refractivity contribution >= 4 is 22.8 Å². The number of fused-ring (bicyclic) bond motifs is 1. The Bertz CT molecular complexity index is 628. The number of hydrogen-bond acceptors (Lipinski definition) is 2. The van der Waals surface area contributed by atoms with Gasteiger partial charge in [0.25, 0.3) is 0 Å². The quantitative estimate of drug-likeness (QED) is 0.808. The Balaban J connectivity index is 1.96. The van der Waals surface area contributed by atoms with E-state index in [2.05, 4.69) is 16.6 Å². The smallest absolute Gasteiger partial charge is 0.158 e. The number of hydrogen-bond donors (Lipinski definition) is 0. The molecule has 0 bridgehead atoms. The minimum atomic E-state index is 0.622. The highest BCUT2D eigenvalue weighted by Crippen LogP contribution is 2.31. The normalized spacial score (nSPS) is 23.0. The predicted octanol–water partition coefficient (Wildman–Crippen LogP) is 3.69. The van der Waals surface area contributed by atoms with E-state index in [1.165, 1.54) is 25.7 Å². The van der Waals surface area contributed by atoms with Crippen LogP contribution in [0.25, 0.3) is 11.2 Å². The van der Waals surface area contributed by atoms with E-state index in [0.717, 1.165) is 47.5 Å². The van der Waals surface area contributed by atoms with Gasteiger partial charge in [0, 0.05) is 25.9 Å². The Morgan fingerprint density at radius 1 is 1.33 bits per heavy atom. The van der Waals surface area contributed by atoms with E-state index in [-0.39, 0.29) is 0 Å². The summed E-state index contributed by atoms with van der Waals surface area (Å²) in [7, 11) is 2.02. The van der Waals surface area contributed by atoms with Crippen molar-refractivity contribution in [3.05, 3.63) is 11.5 Å². The minimum Gasteiger partial charge on any atom is -0.313 e. The Labute approximate surface area is 131 Å². The van der Waals surface area contributed by atoms with Crippen molar-refractivity contribution in [3.8, 4) is 0 Å². The van der Waals surface area contributed by atoms with E-state index >= 15 is 0 Å². The van der Waals surface area contributed by atoms with Crippen molar-refractivity contribution in [2.45, 2.75) is 52.5 Å². The van der Waals surface area contributed by atoms with Crippen LogP contribution in [0.15, 0.2) is 0 Å². The molecule has 2 unspecified atom stereocenters. The van der Waals surface area contributed by atoms with E-state index in [4.69, 9.17) is 16.6 Å². The third-order valence-electron chi connectivity index (χ3n) is 4.77. The first kappa shape index (κ1) is 14.9. The van der Waals surface area contributed by atoms with Crippen molar-refractivity contribution in [1.82, 2.24) is 19.3 Å². The number of aromatic nitrogens is 4. The second-order valence-electron chi connectivity index (χ2n) is 6.60. The average molecular weight is 309 g/mol. The SMILES string of the molecule is Cc1nn(C)c2c1nc(CCCl)n2CC1CCCC(C)C1. The molecule has 21 heavy (non-hydrogen) atoms. The number of rotatable bonds is 4. The van der Waals surface area contributed by atoms with E-state index in [1.807, 2.05) is 18.7 Å². The van der Waals surface area contributed by atoms with Crippen molar-refractivity contribution in [3.63, 3.8) is 0 Å². The molecule has 5 heteroatoms. The van der Waals surface area contributed by atoms with Crippen molar-refractivity contribution < 1.29 is 0 Å². The maximum atomic E-state index is 5.97. The maximum Gasteiger partial charge on any atom is 0.158 e. The van der Waals surface area contributed by atoms with Gasteiger partial charge in [-0.15, -0.1) is 11.6 Å². The van der Waals surface area contributed by atoms with Gasteiger partial charge in [0.05, 0.1) is 5.69 Å². The molecule has 0 spiro atoms. The summed E-state index contributed by atoms with van der Waals surface area (Å²) in [5.74, 6) is 3.36. The molecular formula is C16H25ClN4. The molecule has 0 radical (unpaired) electrons. The first-order valence-corrected chi connectivity index (χ1v) is 8.58. The molecule has 0 amide bonds. The summed E-state index contributed by atoms with van der Waals surface area (Å²) in [6.07, 6.45) is 6.24. The summed E-state index contributed by atoms with van der Waals surface area (Å²) in [6, 6.07) is 0. The number of alkyl halides is 1. The summed E-state index contributed by atoms with van der Waals surface area (Å²) in [6.45, 7) is 5.47. The average Bonchev–Trinajstić information content (AvgIpc) is 2.91. The van der Waals surface area contributed by atoms with Crippen LogP contribution in [0.1, 0.15) is 44.1 Å². The predicted molar refractivity (Wildman–Crippen MR) is 86.8 cm³/mol. The number of nitrogens with zero attached hydrogens (tertiary/aromatic N) is 4. The molecule has 0 aliphatic heterocycles. The van der Waals surface area contributed by atoms with Crippen LogP contribution in [0.4, 0.5) is 0 Å². The first-order chi connectivity index (χ1) is 10.1. The molecule has 3 rings (SSSR count). The zero-order valence-electron chi connectivity index (χ0n) is 13.3. The molecular weight excluding hydrogens is 284 g/mol. The fourth-order valence-corrected chi connectivity index (χ4v) is 4.00. The highest BCUT2D eigenvalue weighted by Gasteiger charge is 2.23. The lowest BCUT2D eigenvalue weighted by molar-refractivity contribution is 0.256. The highest BCUT2D eigenvalue weighted by atomic mass is 35.5. The van der Waals surface area contributed by atoms with Crippen molar-refractivity contribution in [1.29, 1.82) is 0 Å². The van der Waals surface area contributed by atoms with E-state index in [9.17, 15) is 0 Å². The summed E-state index contributed by atoms with van der Waals surface area (Å²) < 4.78 is 4.35. The Hall–Kier alpha value is -1.03. The van der Waals surface area contributed by atoms with Crippen molar-refractivity contribution in [2.24, 2.45) is 18.9 Å². The van der Waals surface area contributed by atoms with Gasteiger partial charge in [-0.2, -0.15) is 5.10 Å². The minimum absolute atomic E-state index is 0.622. The number of halogens is 1. The lowest BCUT2D eigenvalue weighted by Crippen LogP contribution is -2.20. The molecule has 4 nitrogen and oxygen atoms in total. The molecule has 1 aliphatic carbocycles. The molecule has 0 N–H and O–H groups in total. The topological polar surface area (TPSA) is 35.6 Å². The molecule has 116 valence electrons. The van der Waals surface area contributed by atoms with E-state index < -0.39 is 0 Å². The van der Waals surface area contributed by atoms with E-state index in [1.54, 1.807) is 0 Å². The van der Waals surface area contributed by atoms with E-state index in [0.29, 0.717) is 5.88 Å². The van der Waals surface area contributed by atoms with Gasteiger partial charge < -0.3 is 4.57 Å². The van der Waals surface area contributed by atoms with Gasteiger partial charge in [-0.1, -0.05) is 19.8 Å². The molecule has 0 aromatic carbocycles. The van der Waals surface area contributed by atoms with Gasteiger partial charge in [0.15, 0.2) is 5.65 Å². The van der Waals surface area contributed by atoms with Gasteiger partial charge >= 0.3 is 0 Å². The summed E-state index contributed by atoms with van der Waals surface area (Å²) in [5.41, 5.74) is 3.21. The molecule has 0 saturated heterocycles. The molecule has 2 aromatic rings. The fraction of sp³-hybridized carbons (Fsp3) is 0.750. The molecule has 2 atom stereocenters. The molecule has 1 saturated carbocycles. The second kappa shape index (κ2) is 5.99. The Kier molecular flexibility index (Phi) is 4.25. The van der Waals surface area contributed by atoms with Crippen LogP contribution in [0.2, 0.25) is 0 Å². The molecule has 1 aliphatic rings. The lowest BCUT2D eigenvalue weighted by atomic mass is 9.82. The highest BCUT2D eigenvalue weighted by molar-refractivity contribution is 6.17. The van der Waals surface area contributed by atoms with Crippen LogP contribution in [-0.2, 0) is 20.0 Å². The number of aryl methyl sites for hydroxylation is 3. The summed E-state index contributed by atoms with van der Waals surface area (Å²) in [4.78, 5) is 4.80. The zero-order valence-corrected chi connectivity index (χ0v) is 14.0.